The molecule has 0 amide bonds. The molecule has 4 aromatic rings. The molecule has 0 fully saturated rings. The maximum atomic E-state index is 13.6. The van der Waals surface area contributed by atoms with Gasteiger partial charge in [0, 0.05) is 0 Å². The van der Waals surface area contributed by atoms with Crippen molar-refractivity contribution in [1.29, 1.82) is 0 Å². The number of benzene rings is 3. The smallest absolute Gasteiger partial charge is 0.267 e. The maximum Gasteiger partial charge on any atom is 0.276 e. The lowest BCUT2D eigenvalue weighted by Crippen LogP contribution is -2.25. The van der Waals surface area contributed by atoms with Gasteiger partial charge >= 0.3 is 0 Å². The van der Waals surface area contributed by atoms with Crippen LogP contribution >= 0.6 is 15.9 Å². The van der Waals surface area contributed by atoms with Crippen LogP contribution in [0, 0.1) is 5.82 Å². The summed E-state index contributed by atoms with van der Waals surface area (Å²) in [6.45, 7) is 0.343. The average Bonchev–Trinajstić information content (AvgIpc) is 2.64. The molecule has 3 nitrogen and oxygen atoms in total. The van der Waals surface area contributed by atoms with Crippen LogP contribution in [0.25, 0.3) is 21.9 Å². The Morgan fingerprint density at radius 1 is 1.00 bits per heavy atom. The number of hydrogen-bond acceptors (Lipinski definition) is 2. The standard InChI is InChI=1S/C21H14BrFN2O/c22-19-12-24-25(21(26)20(19)15-7-4-9-17(23)11-15)13-16-8-3-6-14-5-1-2-10-18(14)16/h1-12H,13H2. The fourth-order valence-electron chi connectivity index (χ4n) is 3.08. The van der Waals surface area contributed by atoms with E-state index >= 15 is 0 Å². The lowest BCUT2D eigenvalue weighted by molar-refractivity contribution is 0.627. The number of hydrogen-bond donors (Lipinski definition) is 0. The Morgan fingerprint density at radius 2 is 1.77 bits per heavy atom. The first-order valence-corrected chi connectivity index (χ1v) is 8.91. The molecule has 0 aliphatic rings. The highest BCUT2D eigenvalue weighted by Gasteiger charge is 2.13. The first-order chi connectivity index (χ1) is 12.6. The fraction of sp³-hybridized carbons (Fsp3) is 0.0476. The lowest BCUT2D eigenvalue weighted by atomic mass is 10.0. The summed E-state index contributed by atoms with van der Waals surface area (Å²) < 4.78 is 15.6. The second-order valence-electron chi connectivity index (χ2n) is 5.98. The molecular formula is C21H14BrFN2O. The van der Waals surface area contributed by atoms with Crippen LogP contribution in [0.15, 0.2) is 82.2 Å². The molecule has 0 radical (unpaired) electrons. The van der Waals surface area contributed by atoms with Crippen molar-refractivity contribution in [3.63, 3.8) is 0 Å². The van der Waals surface area contributed by atoms with Crippen LogP contribution in [0.2, 0.25) is 0 Å². The third kappa shape index (κ3) is 3.06. The zero-order valence-electron chi connectivity index (χ0n) is 13.7. The fourth-order valence-corrected chi connectivity index (χ4v) is 3.57. The van der Waals surface area contributed by atoms with Crippen LogP contribution < -0.4 is 5.56 Å². The molecule has 3 aromatic carbocycles. The van der Waals surface area contributed by atoms with E-state index in [9.17, 15) is 9.18 Å². The van der Waals surface area contributed by atoms with Crippen molar-refractivity contribution in [1.82, 2.24) is 9.78 Å². The van der Waals surface area contributed by atoms with Crippen LogP contribution in [-0.2, 0) is 6.54 Å². The van der Waals surface area contributed by atoms with Crippen molar-refractivity contribution in [3.8, 4) is 11.1 Å². The summed E-state index contributed by atoms with van der Waals surface area (Å²) in [5, 5.41) is 6.45. The van der Waals surface area contributed by atoms with Crippen molar-refractivity contribution in [2.24, 2.45) is 0 Å². The molecule has 0 spiro atoms. The van der Waals surface area contributed by atoms with Crippen molar-refractivity contribution in [3.05, 3.63) is 99.1 Å². The highest BCUT2D eigenvalue weighted by atomic mass is 79.9. The Balaban J connectivity index is 1.83. The van der Waals surface area contributed by atoms with E-state index < -0.39 is 0 Å². The van der Waals surface area contributed by atoms with Crippen LogP contribution in [0.3, 0.4) is 0 Å². The minimum absolute atomic E-state index is 0.266. The molecule has 4 rings (SSSR count). The van der Waals surface area contributed by atoms with E-state index in [-0.39, 0.29) is 11.4 Å². The summed E-state index contributed by atoms with van der Waals surface area (Å²) in [6.07, 6.45) is 1.58. The van der Waals surface area contributed by atoms with Crippen LogP contribution in [0.4, 0.5) is 4.39 Å². The van der Waals surface area contributed by atoms with Gasteiger partial charge in [-0.3, -0.25) is 4.79 Å². The van der Waals surface area contributed by atoms with Gasteiger partial charge in [0.25, 0.3) is 5.56 Å². The van der Waals surface area contributed by atoms with E-state index in [4.69, 9.17) is 0 Å². The zero-order valence-corrected chi connectivity index (χ0v) is 15.3. The molecule has 0 atom stereocenters. The number of aromatic nitrogens is 2. The summed E-state index contributed by atoms with van der Waals surface area (Å²) in [5.74, 6) is -0.383. The Bertz CT molecular complexity index is 1160. The van der Waals surface area contributed by atoms with Gasteiger partial charge in [0.1, 0.15) is 5.82 Å². The Kier molecular flexibility index (Phi) is 4.39. The largest absolute Gasteiger partial charge is 0.276 e. The number of halogens is 2. The monoisotopic (exact) mass is 408 g/mol. The molecule has 0 N–H and O–H groups in total. The van der Waals surface area contributed by atoms with Gasteiger partial charge in [-0.1, -0.05) is 54.6 Å². The van der Waals surface area contributed by atoms with E-state index in [1.807, 2.05) is 42.5 Å². The number of rotatable bonds is 3. The molecule has 0 saturated carbocycles. The third-order valence-electron chi connectivity index (χ3n) is 4.31. The van der Waals surface area contributed by atoms with Gasteiger partial charge in [-0.05, 0) is 50.0 Å². The summed E-state index contributed by atoms with van der Waals surface area (Å²) in [6, 6.07) is 20.0. The van der Waals surface area contributed by atoms with Crippen LogP contribution in [0.5, 0.6) is 0 Å². The third-order valence-corrected chi connectivity index (χ3v) is 4.91. The average molecular weight is 409 g/mol. The molecular weight excluding hydrogens is 395 g/mol. The van der Waals surface area contributed by atoms with E-state index in [2.05, 4.69) is 21.0 Å². The van der Waals surface area contributed by atoms with Gasteiger partial charge in [0.2, 0.25) is 0 Å². The first-order valence-electron chi connectivity index (χ1n) is 8.12. The predicted octanol–water partition coefficient (Wildman–Crippen LogP) is 5.01. The highest BCUT2D eigenvalue weighted by Crippen LogP contribution is 2.25. The molecule has 0 aliphatic carbocycles. The zero-order chi connectivity index (χ0) is 18.1. The lowest BCUT2D eigenvalue weighted by Gasteiger charge is -2.11. The second kappa shape index (κ2) is 6.84. The molecule has 128 valence electrons. The van der Waals surface area contributed by atoms with Gasteiger partial charge in [0.15, 0.2) is 0 Å². The molecule has 5 heteroatoms. The summed E-state index contributed by atoms with van der Waals surface area (Å²) in [7, 11) is 0. The van der Waals surface area contributed by atoms with Crippen molar-refractivity contribution in [2.45, 2.75) is 6.54 Å². The van der Waals surface area contributed by atoms with E-state index in [1.165, 1.54) is 16.8 Å². The molecule has 1 aromatic heterocycles. The van der Waals surface area contributed by atoms with Gasteiger partial charge in [-0.15, -0.1) is 0 Å². The minimum Gasteiger partial charge on any atom is -0.267 e. The normalized spacial score (nSPS) is 11.0. The van der Waals surface area contributed by atoms with E-state index in [0.717, 1.165) is 16.3 Å². The molecule has 0 saturated heterocycles. The molecule has 1 heterocycles. The summed E-state index contributed by atoms with van der Waals surface area (Å²) in [4.78, 5) is 13.0. The molecule has 0 aliphatic heterocycles. The van der Waals surface area contributed by atoms with Gasteiger partial charge in [-0.2, -0.15) is 5.10 Å². The quantitative estimate of drug-likeness (QED) is 0.477. The van der Waals surface area contributed by atoms with Gasteiger partial charge < -0.3 is 0 Å². The SMILES string of the molecule is O=c1c(-c2cccc(F)c2)c(Br)cnn1Cc1cccc2ccccc12. The first kappa shape index (κ1) is 16.7. The Hall–Kier alpha value is -2.79. The topological polar surface area (TPSA) is 34.9 Å². The Morgan fingerprint density at radius 3 is 2.62 bits per heavy atom. The molecule has 0 bridgehead atoms. The van der Waals surface area contributed by atoms with Crippen molar-refractivity contribution in [2.75, 3.05) is 0 Å². The minimum atomic E-state index is -0.383. The van der Waals surface area contributed by atoms with Crippen molar-refractivity contribution < 1.29 is 4.39 Å². The Labute approximate surface area is 157 Å². The van der Waals surface area contributed by atoms with Gasteiger partial charge in [-0.25, -0.2) is 9.07 Å². The summed E-state index contributed by atoms with van der Waals surface area (Å²) >= 11 is 3.37. The molecule has 0 unspecified atom stereocenters. The van der Waals surface area contributed by atoms with Crippen molar-refractivity contribution >= 4 is 26.7 Å². The maximum absolute atomic E-state index is 13.6. The van der Waals surface area contributed by atoms with E-state index in [0.29, 0.717) is 22.1 Å². The number of fused-ring (bicyclic) bond motifs is 1. The number of nitrogens with zero attached hydrogens (tertiary/aromatic N) is 2. The van der Waals surface area contributed by atoms with E-state index in [1.54, 1.807) is 18.3 Å². The second-order valence-corrected chi connectivity index (χ2v) is 6.83. The van der Waals surface area contributed by atoms with Crippen LogP contribution in [-0.4, -0.2) is 9.78 Å². The summed E-state index contributed by atoms with van der Waals surface area (Å²) in [5.41, 5.74) is 1.67. The van der Waals surface area contributed by atoms with Crippen LogP contribution in [0.1, 0.15) is 5.56 Å². The molecule has 26 heavy (non-hydrogen) atoms. The highest BCUT2D eigenvalue weighted by molar-refractivity contribution is 9.10. The van der Waals surface area contributed by atoms with Gasteiger partial charge in [0.05, 0.1) is 22.8 Å². The predicted molar refractivity (Wildman–Crippen MR) is 105 cm³/mol.